The molecule has 0 bridgehead atoms. The summed E-state index contributed by atoms with van der Waals surface area (Å²) in [6, 6.07) is 16.0. The number of hydrogen-bond donors (Lipinski definition) is 2. The monoisotopic (exact) mass is 442 g/mol. The molecule has 1 aliphatic rings. The molecule has 1 heterocycles. The lowest BCUT2D eigenvalue weighted by Gasteiger charge is -2.18. The predicted octanol–water partition coefficient (Wildman–Crippen LogP) is 1.71. The van der Waals surface area contributed by atoms with Gasteiger partial charge in [0.05, 0.1) is 5.92 Å². The quantitative estimate of drug-likeness (QED) is 0.347. The number of ketones is 1. The van der Waals surface area contributed by atoms with Crippen molar-refractivity contribution in [1.82, 2.24) is 4.98 Å². The number of Topliss-reactive ketones (excluding diaryl/α,β-unsaturated/α-hetero) is 1. The van der Waals surface area contributed by atoms with Crippen LogP contribution in [0.1, 0.15) is 23.1 Å². The van der Waals surface area contributed by atoms with Crippen LogP contribution in [0.15, 0.2) is 54.2 Å². The lowest BCUT2D eigenvalue weighted by Crippen LogP contribution is -2.41. The van der Waals surface area contributed by atoms with E-state index < -0.39 is 10.4 Å². The molecular formula is C21H22N4O5S. The Morgan fingerprint density at radius 2 is 1.77 bits per heavy atom. The first-order valence-corrected chi connectivity index (χ1v) is 10.7. The average molecular weight is 442 g/mol. The van der Waals surface area contributed by atoms with Crippen molar-refractivity contribution in [2.75, 3.05) is 19.0 Å². The van der Waals surface area contributed by atoms with Crippen molar-refractivity contribution < 1.29 is 26.9 Å². The van der Waals surface area contributed by atoms with Gasteiger partial charge in [0.15, 0.2) is 11.5 Å². The Morgan fingerprint density at radius 3 is 2.35 bits per heavy atom. The molecule has 9 nitrogen and oxygen atoms in total. The highest BCUT2D eigenvalue weighted by atomic mass is 32.3. The van der Waals surface area contributed by atoms with Crippen molar-refractivity contribution in [2.45, 2.75) is 6.92 Å². The van der Waals surface area contributed by atoms with E-state index in [9.17, 15) is 4.79 Å². The number of nitrogens with zero attached hydrogens (tertiary/aromatic N) is 3. The number of aromatic nitrogens is 2. The summed E-state index contributed by atoms with van der Waals surface area (Å²) in [6.07, 6.45) is 1.88. The second-order valence-electron chi connectivity index (χ2n) is 7.24. The Bertz CT molecular complexity index is 1280. The predicted molar refractivity (Wildman–Crippen MR) is 116 cm³/mol. The number of carbonyl (C=O) groups excluding carboxylic acids is 1. The lowest BCUT2D eigenvalue weighted by atomic mass is 9.92. The molecule has 1 aromatic heterocycles. The summed E-state index contributed by atoms with van der Waals surface area (Å²) >= 11 is 0. The average Bonchev–Trinajstić information content (AvgIpc) is 2.70. The van der Waals surface area contributed by atoms with Gasteiger partial charge in [-0.05, 0) is 19.1 Å². The maximum absolute atomic E-state index is 12.8. The number of fused-ring (bicyclic) bond motifs is 2. The summed E-state index contributed by atoms with van der Waals surface area (Å²) in [6.45, 7) is 1.82. The molecule has 1 atom stereocenters. The van der Waals surface area contributed by atoms with Crippen LogP contribution in [0.3, 0.4) is 0 Å². The van der Waals surface area contributed by atoms with Crippen LogP contribution in [0.2, 0.25) is 0 Å². The van der Waals surface area contributed by atoms with Crippen molar-refractivity contribution in [2.24, 2.45) is 11.7 Å². The van der Waals surface area contributed by atoms with E-state index in [4.69, 9.17) is 23.3 Å². The first-order valence-electron chi connectivity index (χ1n) is 9.29. The summed E-state index contributed by atoms with van der Waals surface area (Å²) in [7, 11) is -0.911. The molecule has 162 valence electrons. The van der Waals surface area contributed by atoms with Gasteiger partial charge in [-0.15, -0.1) is 4.57 Å². The molecular weight excluding hydrogens is 420 g/mol. The van der Waals surface area contributed by atoms with Gasteiger partial charge < -0.3 is 15.2 Å². The van der Waals surface area contributed by atoms with E-state index in [1.807, 2.05) is 74.5 Å². The van der Waals surface area contributed by atoms with Crippen LogP contribution in [0.25, 0.3) is 22.8 Å². The van der Waals surface area contributed by atoms with Crippen molar-refractivity contribution in [3.63, 3.8) is 0 Å². The number of benzene rings is 2. The summed E-state index contributed by atoms with van der Waals surface area (Å²) < 4.78 is 34.9. The van der Waals surface area contributed by atoms with Gasteiger partial charge in [-0.3, -0.25) is 9.35 Å². The standard InChI is InChI=1S/C21H20N4O.H2O4S/c1-13-16(22)12-19-20(21(13)26)23-17-10-9-15(24(2)3)11-18(17)25(19)14-7-5-4-6-8-14;1-5(2,3)4/h4-13,22H,1-3H3;(H2,1,2,3,4). The van der Waals surface area contributed by atoms with E-state index in [2.05, 4.69) is 15.6 Å². The molecule has 4 rings (SSSR count). The third kappa shape index (κ3) is 4.88. The Morgan fingerprint density at radius 1 is 1.16 bits per heavy atom. The van der Waals surface area contributed by atoms with Gasteiger partial charge in [0.2, 0.25) is 27.3 Å². The number of nitrogens with two attached hydrogens (primary N) is 1. The SMILES string of the molecule is CC1C(=O)c2nc3ccc(N(C)C)cc3[n+](-c3ccccc3)c2C=C1N.O=S(=O)([O-])O. The molecule has 1 unspecified atom stereocenters. The molecule has 0 spiro atoms. The number of anilines is 1. The molecule has 0 aliphatic heterocycles. The van der Waals surface area contributed by atoms with Crippen LogP contribution in [0.4, 0.5) is 5.69 Å². The van der Waals surface area contributed by atoms with Crippen LogP contribution in [-0.2, 0) is 10.4 Å². The maximum Gasteiger partial charge on any atom is 0.243 e. The lowest BCUT2D eigenvalue weighted by molar-refractivity contribution is -0.570. The van der Waals surface area contributed by atoms with Crippen LogP contribution in [0, 0.1) is 5.92 Å². The minimum atomic E-state index is -4.92. The van der Waals surface area contributed by atoms with E-state index in [0.29, 0.717) is 11.4 Å². The second kappa shape index (κ2) is 8.42. The Hall–Kier alpha value is -3.34. The fourth-order valence-corrected chi connectivity index (χ4v) is 3.29. The van der Waals surface area contributed by atoms with Crippen molar-refractivity contribution in [3.05, 3.63) is 65.6 Å². The van der Waals surface area contributed by atoms with Gasteiger partial charge in [-0.2, -0.15) is 0 Å². The largest absolute Gasteiger partial charge is 0.726 e. The van der Waals surface area contributed by atoms with Crippen LogP contribution < -0.4 is 15.2 Å². The number of allylic oxidation sites excluding steroid dienone is 1. The smallest absolute Gasteiger partial charge is 0.243 e. The van der Waals surface area contributed by atoms with Crippen LogP contribution >= 0.6 is 0 Å². The van der Waals surface area contributed by atoms with E-state index >= 15 is 0 Å². The van der Waals surface area contributed by atoms with Crippen LogP contribution in [0.5, 0.6) is 0 Å². The zero-order chi connectivity index (χ0) is 22.9. The molecule has 0 saturated carbocycles. The molecule has 3 N–H and O–H groups in total. The van der Waals surface area contributed by atoms with Gasteiger partial charge in [0.25, 0.3) is 0 Å². The van der Waals surface area contributed by atoms with Crippen molar-refractivity contribution in [1.29, 1.82) is 0 Å². The highest BCUT2D eigenvalue weighted by Crippen LogP contribution is 2.27. The number of hydrogen-bond acceptors (Lipinski definition) is 7. The molecule has 10 heteroatoms. The normalized spacial score (nSPS) is 15.6. The van der Waals surface area contributed by atoms with Gasteiger partial charge in [0, 0.05) is 49.8 Å². The third-order valence-corrected chi connectivity index (χ3v) is 4.88. The second-order valence-corrected chi connectivity index (χ2v) is 8.10. The minimum absolute atomic E-state index is 0.0386. The zero-order valence-corrected chi connectivity index (χ0v) is 18.0. The Balaban J connectivity index is 0.000000491. The van der Waals surface area contributed by atoms with E-state index in [1.165, 1.54) is 0 Å². The Labute approximate surface area is 180 Å². The van der Waals surface area contributed by atoms with Gasteiger partial charge >= 0.3 is 0 Å². The van der Waals surface area contributed by atoms with Crippen molar-refractivity contribution in [3.8, 4) is 5.69 Å². The summed E-state index contributed by atoms with van der Waals surface area (Å²) in [4.78, 5) is 19.6. The van der Waals surface area contributed by atoms with Gasteiger partial charge in [-0.25, -0.2) is 13.4 Å². The molecule has 2 aromatic carbocycles. The molecule has 0 amide bonds. The first kappa shape index (κ1) is 22.3. The van der Waals surface area contributed by atoms with Gasteiger partial charge in [-0.1, -0.05) is 18.2 Å². The molecule has 0 radical (unpaired) electrons. The molecule has 0 saturated heterocycles. The van der Waals surface area contributed by atoms with Gasteiger partial charge in [0.1, 0.15) is 5.52 Å². The summed E-state index contributed by atoms with van der Waals surface area (Å²) in [5, 5.41) is 0. The van der Waals surface area contributed by atoms with E-state index in [-0.39, 0.29) is 11.7 Å². The third-order valence-electron chi connectivity index (χ3n) is 4.88. The molecule has 3 aromatic rings. The molecule has 31 heavy (non-hydrogen) atoms. The molecule has 0 fully saturated rings. The summed E-state index contributed by atoms with van der Waals surface area (Å²) in [5.41, 5.74) is 11.7. The van der Waals surface area contributed by atoms with Crippen LogP contribution in [-0.4, -0.2) is 42.4 Å². The van der Waals surface area contributed by atoms with E-state index in [0.717, 1.165) is 28.1 Å². The fraction of sp³-hybridized carbons (Fsp3) is 0.190. The number of carbonyl (C=O) groups is 1. The highest BCUT2D eigenvalue weighted by Gasteiger charge is 2.34. The fourth-order valence-electron chi connectivity index (χ4n) is 3.29. The first-order chi connectivity index (χ1) is 14.5. The Kier molecular flexibility index (Phi) is 6.07. The number of para-hydroxylation sites is 1. The maximum atomic E-state index is 12.8. The highest BCUT2D eigenvalue weighted by molar-refractivity contribution is 7.79. The van der Waals surface area contributed by atoms with E-state index in [1.54, 1.807) is 0 Å². The molecule has 1 aliphatic carbocycles. The number of rotatable bonds is 2. The summed E-state index contributed by atoms with van der Waals surface area (Å²) in [5.74, 6) is -0.388. The van der Waals surface area contributed by atoms with Crippen molar-refractivity contribution >= 4 is 39.0 Å². The zero-order valence-electron chi connectivity index (χ0n) is 17.2. The minimum Gasteiger partial charge on any atom is -0.726 e. The topological polar surface area (TPSA) is 141 Å².